The summed E-state index contributed by atoms with van der Waals surface area (Å²) in [6, 6.07) is 6.81. The van der Waals surface area contributed by atoms with E-state index < -0.39 is 0 Å². The number of hydrogen-bond acceptors (Lipinski definition) is 5. The highest BCUT2D eigenvalue weighted by Gasteiger charge is 2.20. The fraction of sp³-hybridized carbons (Fsp3) is 0.222. The summed E-state index contributed by atoms with van der Waals surface area (Å²) in [6.45, 7) is 4.03. The number of nitrogens with one attached hydrogen (secondary N) is 1. The minimum atomic E-state index is -0.294. The van der Waals surface area contributed by atoms with Crippen molar-refractivity contribution >= 4 is 44.6 Å². The van der Waals surface area contributed by atoms with Crippen LogP contribution in [-0.2, 0) is 7.05 Å². The van der Waals surface area contributed by atoms with Gasteiger partial charge in [-0.2, -0.15) is 0 Å². The van der Waals surface area contributed by atoms with Gasteiger partial charge in [0.05, 0.1) is 0 Å². The number of nitrogens with zero attached hydrogens (tertiary/aromatic N) is 3. The fourth-order valence-electron chi connectivity index (χ4n) is 2.50. The summed E-state index contributed by atoms with van der Waals surface area (Å²) in [5.41, 5.74) is 1.40. The Bertz CT molecular complexity index is 977. The SMILES string of the molecule is CC(C)c1sc(Br)nc1C(=O)Nc1cccc(C(=O)c2nccn2C)c1. The van der Waals surface area contributed by atoms with Crippen LogP contribution in [0, 0.1) is 0 Å². The molecule has 2 aromatic heterocycles. The lowest BCUT2D eigenvalue weighted by Gasteiger charge is -2.08. The van der Waals surface area contributed by atoms with E-state index >= 15 is 0 Å². The third kappa shape index (κ3) is 3.76. The molecule has 26 heavy (non-hydrogen) atoms. The van der Waals surface area contributed by atoms with E-state index in [1.807, 2.05) is 13.8 Å². The van der Waals surface area contributed by atoms with Crippen LogP contribution < -0.4 is 5.32 Å². The Morgan fingerprint density at radius 3 is 2.73 bits per heavy atom. The quantitative estimate of drug-likeness (QED) is 0.611. The Balaban J connectivity index is 1.84. The molecule has 8 heteroatoms. The molecule has 1 amide bonds. The van der Waals surface area contributed by atoms with Crippen molar-refractivity contribution in [3.8, 4) is 0 Å². The molecule has 0 saturated carbocycles. The zero-order valence-electron chi connectivity index (χ0n) is 14.5. The second-order valence-corrected chi connectivity index (χ2v) is 8.37. The molecule has 0 fully saturated rings. The number of aryl methyl sites for hydroxylation is 1. The van der Waals surface area contributed by atoms with Crippen molar-refractivity contribution in [1.29, 1.82) is 0 Å². The Labute approximate surface area is 163 Å². The van der Waals surface area contributed by atoms with Gasteiger partial charge < -0.3 is 9.88 Å². The molecule has 0 unspecified atom stereocenters. The number of carbonyl (C=O) groups excluding carboxylic acids is 2. The van der Waals surface area contributed by atoms with Crippen LogP contribution >= 0.6 is 27.3 Å². The number of aromatic nitrogens is 3. The molecule has 0 aliphatic heterocycles. The van der Waals surface area contributed by atoms with Gasteiger partial charge >= 0.3 is 0 Å². The summed E-state index contributed by atoms with van der Waals surface area (Å²) >= 11 is 4.79. The summed E-state index contributed by atoms with van der Waals surface area (Å²) < 4.78 is 2.33. The van der Waals surface area contributed by atoms with Crippen LogP contribution in [0.1, 0.15) is 51.3 Å². The van der Waals surface area contributed by atoms with Crippen LogP contribution in [0.4, 0.5) is 5.69 Å². The van der Waals surface area contributed by atoms with Gasteiger partial charge in [-0.25, -0.2) is 9.97 Å². The minimum absolute atomic E-state index is 0.191. The number of hydrogen-bond donors (Lipinski definition) is 1. The van der Waals surface area contributed by atoms with E-state index in [1.54, 1.807) is 48.3 Å². The number of imidazole rings is 1. The Morgan fingerprint density at radius 2 is 2.08 bits per heavy atom. The first-order valence-electron chi connectivity index (χ1n) is 7.96. The first-order chi connectivity index (χ1) is 12.4. The molecule has 0 aliphatic rings. The van der Waals surface area contributed by atoms with Crippen LogP contribution in [0.3, 0.4) is 0 Å². The van der Waals surface area contributed by atoms with E-state index in [0.29, 0.717) is 26.7 Å². The van der Waals surface area contributed by atoms with Gasteiger partial charge in [0.25, 0.3) is 5.91 Å². The lowest BCUT2D eigenvalue weighted by molar-refractivity contribution is 0.101. The number of anilines is 1. The van der Waals surface area contributed by atoms with Crippen LogP contribution in [0.5, 0.6) is 0 Å². The molecule has 3 aromatic rings. The third-order valence-electron chi connectivity index (χ3n) is 3.77. The molecule has 2 heterocycles. The van der Waals surface area contributed by atoms with Crippen LogP contribution in [0.25, 0.3) is 0 Å². The van der Waals surface area contributed by atoms with Gasteiger partial charge in [-0.1, -0.05) is 26.0 Å². The minimum Gasteiger partial charge on any atom is -0.331 e. The van der Waals surface area contributed by atoms with Crippen molar-refractivity contribution in [1.82, 2.24) is 14.5 Å². The topological polar surface area (TPSA) is 76.9 Å². The van der Waals surface area contributed by atoms with Gasteiger partial charge in [-0.3, -0.25) is 9.59 Å². The van der Waals surface area contributed by atoms with Crippen molar-refractivity contribution in [2.45, 2.75) is 19.8 Å². The highest BCUT2D eigenvalue weighted by atomic mass is 79.9. The predicted octanol–water partition coefficient (Wildman–Crippen LogP) is 4.25. The van der Waals surface area contributed by atoms with Crippen molar-refractivity contribution in [3.05, 3.63) is 62.5 Å². The van der Waals surface area contributed by atoms with Gasteiger partial charge in [0.15, 0.2) is 9.74 Å². The van der Waals surface area contributed by atoms with Crippen molar-refractivity contribution in [3.63, 3.8) is 0 Å². The molecule has 0 spiro atoms. The number of ketones is 1. The van der Waals surface area contributed by atoms with Crippen LogP contribution in [0.15, 0.2) is 40.6 Å². The maximum atomic E-state index is 12.6. The molecule has 134 valence electrons. The summed E-state index contributed by atoms with van der Waals surface area (Å²) in [6.07, 6.45) is 3.29. The maximum absolute atomic E-state index is 12.6. The first kappa shape index (κ1) is 18.5. The predicted molar refractivity (Wildman–Crippen MR) is 105 cm³/mol. The first-order valence-corrected chi connectivity index (χ1v) is 9.57. The number of benzene rings is 1. The number of carbonyl (C=O) groups is 2. The monoisotopic (exact) mass is 432 g/mol. The summed E-state index contributed by atoms with van der Waals surface area (Å²) in [4.78, 5) is 34.5. The molecule has 1 aromatic carbocycles. The van der Waals surface area contributed by atoms with Gasteiger partial charge in [0.2, 0.25) is 5.78 Å². The lowest BCUT2D eigenvalue weighted by Crippen LogP contribution is -2.15. The molecule has 0 saturated heterocycles. The smallest absolute Gasteiger partial charge is 0.275 e. The Morgan fingerprint density at radius 1 is 1.31 bits per heavy atom. The highest BCUT2D eigenvalue weighted by Crippen LogP contribution is 2.30. The van der Waals surface area contributed by atoms with Crippen molar-refractivity contribution < 1.29 is 9.59 Å². The van der Waals surface area contributed by atoms with Crippen molar-refractivity contribution in [2.75, 3.05) is 5.32 Å². The largest absolute Gasteiger partial charge is 0.331 e. The van der Waals surface area contributed by atoms with E-state index in [1.165, 1.54) is 11.3 Å². The lowest BCUT2D eigenvalue weighted by atomic mass is 10.1. The summed E-state index contributed by atoms with van der Waals surface area (Å²) in [5, 5.41) is 2.83. The molecule has 0 aliphatic carbocycles. The van der Waals surface area contributed by atoms with Gasteiger partial charge in [-0.05, 0) is 34.0 Å². The second-order valence-electron chi connectivity index (χ2n) is 6.06. The maximum Gasteiger partial charge on any atom is 0.275 e. The fourth-order valence-corrected chi connectivity index (χ4v) is 3.99. The molecule has 1 N–H and O–H groups in total. The average Bonchev–Trinajstić information content (AvgIpc) is 3.20. The number of halogens is 1. The normalized spacial score (nSPS) is 11.0. The number of amides is 1. The standard InChI is InChI=1S/C18H17BrN4O2S/c1-10(2)15-13(22-18(19)26-15)17(25)21-12-6-4-5-11(9-12)14(24)16-20-7-8-23(16)3/h4-10H,1-3H3,(H,21,25). The van der Waals surface area contributed by atoms with Gasteiger partial charge in [0.1, 0.15) is 5.69 Å². The Hall–Kier alpha value is -2.32. The molecule has 6 nitrogen and oxygen atoms in total. The summed E-state index contributed by atoms with van der Waals surface area (Å²) in [5.74, 6) is 0.0417. The second kappa shape index (κ2) is 7.51. The zero-order valence-corrected chi connectivity index (χ0v) is 16.9. The van der Waals surface area contributed by atoms with E-state index in [2.05, 4.69) is 31.2 Å². The van der Waals surface area contributed by atoms with Gasteiger partial charge in [0, 0.05) is 35.6 Å². The van der Waals surface area contributed by atoms with E-state index in [-0.39, 0.29) is 17.6 Å². The van der Waals surface area contributed by atoms with E-state index in [9.17, 15) is 9.59 Å². The molecular weight excluding hydrogens is 416 g/mol. The van der Waals surface area contributed by atoms with E-state index in [4.69, 9.17) is 0 Å². The third-order valence-corrected chi connectivity index (χ3v) is 5.58. The van der Waals surface area contributed by atoms with E-state index in [0.717, 1.165) is 4.88 Å². The average molecular weight is 433 g/mol. The van der Waals surface area contributed by atoms with Crippen LogP contribution in [-0.4, -0.2) is 26.2 Å². The van der Waals surface area contributed by atoms with Crippen LogP contribution in [0.2, 0.25) is 0 Å². The molecule has 0 atom stereocenters. The molecule has 0 bridgehead atoms. The zero-order chi connectivity index (χ0) is 18.8. The molecule has 0 radical (unpaired) electrons. The summed E-state index contributed by atoms with van der Waals surface area (Å²) in [7, 11) is 1.76. The number of rotatable bonds is 5. The van der Waals surface area contributed by atoms with Crippen molar-refractivity contribution in [2.24, 2.45) is 7.05 Å². The highest BCUT2D eigenvalue weighted by molar-refractivity contribution is 9.11. The molecular formula is C18H17BrN4O2S. The number of thiazole rings is 1. The van der Waals surface area contributed by atoms with Gasteiger partial charge in [-0.15, -0.1) is 11.3 Å². The molecule has 3 rings (SSSR count). The Kier molecular flexibility index (Phi) is 5.33.